The maximum atomic E-state index is 12.8. The van der Waals surface area contributed by atoms with Crippen molar-refractivity contribution < 1.29 is 4.79 Å². The number of nitrogens with two attached hydrogens (primary N) is 1. The Hall–Kier alpha value is -0.480. The fraction of sp³-hybridized carbons (Fsp3) is 0.588. The number of hydrogen-bond acceptors (Lipinski definition) is 2. The summed E-state index contributed by atoms with van der Waals surface area (Å²) >= 11 is 12.0. The van der Waals surface area contributed by atoms with Crippen molar-refractivity contribution in [2.24, 2.45) is 11.7 Å². The number of hydrogen-bond donors (Lipinski definition) is 1. The van der Waals surface area contributed by atoms with Crippen LogP contribution < -0.4 is 5.73 Å². The molecule has 0 aromatic heterocycles. The minimum atomic E-state index is 0. The topological polar surface area (TPSA) is 46.3 Å². The molecule has 4 unspecified atom stereocenters. The molecule has 1 aromatic carbocycles. The lowest BCUT2D eigenvalue weighted by molar-refractivity contribution is -0.136. The molecule has 1 aromatic rings. The lowest BCUT2D eigenvalue weighted by Gasteiger charge is -2.38. The van der Waals surface area contributed by atoms with Crippen LogP contribution in [0.5, 0.6) is 0 Å². The number of rotatable bonds is 3. The molecule has 1 aliphatic heterocycles. The number of benzene rings is 1. The Kier molecular flexibility index (Phi) is 6.23. The fourth-order valence-electron chi connectivity index (χ4n) is 3.57. The van der Waals surface area contributed by atoms with E-state index in [1.807, 2.05) is 30.0 Å². The lowest BCUT2D eigenvalue weighted by atomic mass is 9.96. The van der Waals surface area contributed by atoms with Gasteiger partial charge in [-0.3, -0.25) is 4.79 Å². The van der Waals surface area contributed by atoms with Crippen LogP contribution >= 0.6 is 35.6 Å². The molecule has 2 fully saturated rings. The van der Waals surface area contributed by atoms with E-state index in [1.165, 1.54) is 0 Å². The molecule has 3 nitrogen and oxygen atoms in total. The predicted octanol–water partition coefficient (Wildman–Crippen LogP) is 4.25. The van der Waals surface area contributed by atoms with Crippen molar-refractivity contribution >= 4 is 41.5 Å². The number of halogens is 3. The van der Waals surface area contributed by atoms with Crippen molar-refractivity contribution in [1.29, 1.82) is 0 Å². The highest BCUT2D eigenvalue weighted by Crippen LogP contribution is 2.50. The molecule has 3 rings (SSSR count). The van der Waals surface area contributed by atoms with Crippen LogP contribution in [0.1, 0.15) is 44.1 Å². The van der Waals surface area contributed by atoms with Gasteiger partial charge in [-0.2, -0.15) is 0 Å². The smallest absolute Gasteiger partial charge is 0.226 e. The monoisotopic (exact) mass is 376 g/mol. The molecule has 128 valence electrons. The van der Waals surface area contributed by atoms with Crippen molar-refractivity contribution in [3.8, 4) is 0 Å². The molecule has 1 amide bonds. The normalized spacial score (nSPS) is 28.0. The summed E-state index contributed by atoms with van der Waals surface area (Å²) in [7, 11) is 0. The first kappa shape index (κ1) is 18.9. The molecule has 2 N–H and O–H groups in total. The summed E-state index contributed by atoms with van der Waals surface area (Å²) in [6, 6.07) is 5.90. The molecule has 2 aliphatic rings. The quantitative estimate of drug-likeness (QED) is 0.856. The summed E-state index contributed by atoms with van der Waals surface area (Å²) in [6.45, 7) is 2.84. The standard InChI is InChI=1S/C17H22Cl2N2O.ClH/c1-10(20)16-4-2-3-7-21(16)17(22)13-9-12(13)11-5-6-14(18)15(19)8-11;/h5-6,8,10,12-13,16H,2-4,7,9,20H2,1H3;1H. The molecule has 0 bridgehead atoms. The molecule has 23 heavy (non-hydrogen) atoms. The SMILES string of the molecule is CC(N)C1CCCCN1C(=O)C1CC1c1ccc(Cl)c(Cl)c1.Cl. The molecule has 1 heterocycles. The second-order valence-electron chi connectivity index (χ2n) is 6.58. The van der Waals surface area contributed by atoms with Crippen LogP contribution in [0.15, 0.2) is 18.2 Å². The molecule has 6 heteroatoms. The maximum Gasteiger partial charge on any atom is 0.226 e. The van der Waals surface area contributed by atoms with E-state index in [0.717, 1.165) is 37.8 Å². The van der Waals surface area contributed by atoms with Crippen molar-refractivity contribution in [3.63, 3.8) is 0 Å². The third-order valence-electron chi connectivity index (χ3n) is 4.92. The fourth-order valence-corrected chi connectivity index (χ4v) is 3.88. The van der Waals surface area contributed by atoms with Gasteiger partial charge in [0.25, 0.3) is 0 Å². The third kappa shape index (κ3) is 3.96. The Morgan fingerprint density at radius 3 is 2.70 bits per heavy atom. The first-order valence-corrected chi connectivity index (χ1v) is 8.75. The second-order valence-corrected chi connectivity index (χ2v) is 7.39. The van der Waals surface area contributed by atoms with E-state index in [0.29, 0.717) is 10.0 Å². The minimum Gasteiger partial charge on any atom is -0.338 e. The van der Waals surface area contributed by atoms with Gasteiger partial charge in [-0.15, -0.1) is 12.4 Å². The van der Waals surface area contributed by atoms with E-state index >= 15 is 0 Å². The molecule has 1 aliphatic carbocycles. The van der Waals surface area contributed by atoms with Crippen molar-refractivity contribution in [2.75, 3.05) is 6.54 Å². The van der Waals surface area contributed by atoms with Crippen LogP contribution in [0, 0.1) is 5.92 Å². The summed E-state index contributed by atoms with van der Waals surface area (Å²) in [6.07, 6.45) is 4.17. The van der Waals surface area contributed by atoms with E-state index in [9.17, 15) is 4.79 Å². The lowest BCUT2D eigenvalue weighted by Crippen LogP contribution is -2.52. The van der Waals surface area contributed by atoms with Gasteiger partial charge in [0, 0.05) is 24.5 Å². The third-order valence-corrected chi connectivity index (χ3v) is 5.66. The van der Waals surface area contributed by atoms with Gasteiger partial charge in [0.15, 0.2) is 0 Å². The van der Waals surface area contributed by atoms with Crippen LogP contribution in [0.2, 0.25) is 10.0 Å². The highest BCUT2D eigenvalue weighted by molar-refractivity contribution is 6.42. The molecular formula is C17H23Cl3N2O. The van der Waals surface area contributed by atoms with E-state index in [2.05, 4.69) is 0 Å². The second kappa shape index (κ2) is 7.60. The number of carbonyl (C=O) groups excluding carboxylic acids is 1. The van der Waals surface area contributed by atoms with Gasteiger partial charge in [0.2, 0.25) is 5.91 Å². The van der Waals surface area contributed by atoms with E-state index in [-0.39, 0.29) is 42.2 Å². The van der Waals surface area contributed by atoms with Gasteiger partial charge in [0.1, 0.15) is 0 Å². The Bertz CT molecular complexity index is 579. The zero-order chi connectivity index (χ0) is 15.9. The number of piperidine rings is 1. The van der Waals surface area contributed by atoms with Gasteiger partial charge in [0.05, 0.1) is 10.0 Å². The molecular weight excluding hydrogens is 355 g/mol. The minimum absolute atomic E-state index is 0. The van der Waals surface area contributed by atoms with E-state index in [4.69, 9.17) is 28.9 Å². The highest BCUT2D eigenvalue weighted by atomic mass is 35.5. The average molecular weight is 378 g/mol. The molecule has 4 atom stereocenters. The van der Waals surface area contributed by atoms with Gasteiger partial charge < -0.3 is 10.6 Å². The van der Waals surface area contributed by atoms with Crippen molar-refractivity contribution in [2.45, 2.75) is 50.6 Å². The molecule has 1 saturated heterocycles. The van der Waals surface area contributed by atoms with E-state index < -0.39 is 0 Å². The van der Waals surface area contributed by atoms with Crippen LogP contribution in [0.4, 0.5) is 0 Å². The Labute approximate surface area is 153 Å². The number of likely N-dealkylation sites (tertiary alicyclic amines) is 1. The van der Waals surface area contributed by atoms with Crippen LogP contribution in [-0.4, -0.2) is 29.4 Å². The molecule has 0 spiro atoms. The summed E-state index contributed by atoms with van der Waals surface area (Å²) in [4.78, 5) is 14.8. The maximum absolute atomic E-state index is 12.8. The van der Waals surface area contributed by atoms with E-state index in [1.54, 1.807) is 0 Å². The van der Waals surface area contributed by atoms with Gasteiger partial charge in [-0.25, -0.2) is 0 Å². The summed E-state index contributed by atoms with van der Waals surface area (Å²) in [5, 5.41) is 1.12. The van der Waals surface area contributed by atoms with Gasteiger partial charge >= 0.3 is 0 Å². The number of carbonyl (C=O) groups is 1. The van der Waals surface area contributed by atoms with Gasteiger partial charge in [-0.05, 0) is 56.2 Å². The summed E-state index contributed by atoms with van der Waals surface area (Å²) in [5.74, 6) is 0.618. The Morgan fingerprint density at radius 1 is 1.30 bits per heavy atom. The Morgan fingerprint density at radius 2 is 2.04 bits per heavy atom. The van der Waals surface area contributed by atoms with Crippen LogP contribution in [0.25, 0.3) is 0 Å². The predicted molar refractivity (Wildman–Crippen MR) is 97.6 cm³/mol. The van der Waals surface area contributed by atoms with Crippen LogP contribution in [0.3, 0.4) is 0 Å². The average Bonchev–Trinajstić information content (AvgIpc) is 3.30. The summed E-state index contributed by atoms with van der Waals surface area (Å²) in [5.41, 5.74) is 7.19. The van der Waals surface area contributed by atoms with Gasteiger partial charge in [-0.1, -0.05) is 29.3 Å². The number of nitrogens with zero attached hydrogens (tertiary/aromatic N) is 1. The first-order valence-electron chi connectivity index (χ1n) is 8.00. The Balaban J connectivity index is 0.00000192. The zero-order valence-corrected chi connectivity index (χ0v) is 15.5. The van der Waals surface area contributed by atoms with Crippen LogP contribution in [-0.2, 0) is 4.79 Å². The highest BCUT2D eigenvalue weighted by Gasteiger charge is 2.47. The van der Waals surface area contributed by atoms with Crippen molar-refractivity contribution in [3.05, 3.63) is 33.8 Å². The first-order chi connectivity index (χ1) is 10.5. The number of amides is 1. The van der Waals surface area contributed by atoms with Crippen molar-refractivity contribution in [1.82, 2.24) is 4.90 Å². The molecule has 0 radical (unpaired) electrons. The zero-order valence-electron chi connectivity index (χ0n) is 13.2. The molecule has 1 saturated carbocycles. The largest absolute Gasteiger partial charge is 0.338 e. The summed E-state index contributed by atoms with van der Waals surface area (Å²) < 4.78 is 0.